The minimum Gasteiger partial charge on any atom is -0.369 e. The molecule has 164 valence electrons. The minimum absolute atomic E-state index is 0.0607. The van der Waals surface area contributed by atoms with Gasteiger partial charge in [-0.3, -0.25) is 4.79 Å². The van der Waals surface area contributed by atoms with Crippen molar-refractivity contribution in [3.8, 4) is 5.69 Å². The molecule has 3 rings (SSSR count). The molecule has 0 aliphatic carbocycles. The number of benzene rings is 2. The normalized spacial score (nSPS) is 13.2. The van der Waals surface area contributed by atoms with Crippen molar-refractivity contribution < 1.29 is 35.2 Å². The minimum atomic E-state index is -4.72. The van der Waals surface area contributed by atoms with Gasteiger partial charge in [0.1, 0.15) is 4.90 Å². The Kier molecular flexibility index (Phi) is 5.58. The molecule has 1 atom stereocenters. The van der Waals surface area contributed by atoms with Crippen LogP contribution in [0.3, 0.4) is 0 Å². The van der Waals surface area contributed by atoms with E-state index in [1.807, 2.05) is 0 Å². The monoisotopic (exact) mass is 460 g/mol. The Morgan fingerprint density at radius 1 is 1.03 bits per heavy atom. The average Bonchev–Trinajstić information content (AvgIpc) is 3.14. The number of nitrogens with zero attached hydrogens (tertiary/aromatic N) is 2. The van der Waals surface area contributed by atoms with E-state index in [0.29, 0.717) is 17.1 Å². The molecule has 1 heterocycles. The van der Waals surface area contributed by atoms with Crippen LogP contribution in [0.25, 0.3) is 5.69 Å². The Bertz CT molecular complexity index is 1270. The molecule has 0 saturated carbocycles. The number of hydrogen-bond donors (Lipinski definition) is 2. The van der Waals surface area contributed by atoms with Crippen LogP contribution in [0.2, 0.25) is 0 Å². The van der Waals surface area contributed by atoms with Crippen molar-refractivity contribution in [2.45, 2.75) is 17.0 Å². The molecule has 1 aromatic heterocycles. The maximum atomic E-state index is 13.6. The molecule has 1 unspecified atom stereocenters. The summed E-state index contributed by atoms with van der Waals surface area (Å²) >= 11 is 0. The molecule has 0 fully saturated rings. The summed E-state index contributed by atoms with van der Waals surface area (Å²) in [4.78, 5) is 11.4. The molecule has 13 heteroatoms. The number of amides is 1. The zero-order valence-corrected chi connectivity index (χ0v) is 16.1. The molecule has 0 saturated heterocycles. The number of rotatable bonds is 5. The summed E-state index contributed by atoms with van der Waals surface area (Å²) in [6, 6.07) is 5.74. The number of aromatic nitrogens is 2. The predicted molar refractivity (Wildman–Crippen MR) is 97.3 cm³/mol. The van der Waals surface area contributed by atoms with Crippen molar-refractivity contribution in [2.75, 3.05) is 0 Å². The van der Waals surface area contributed by atoms with Crippen molar-refractivity contribution in [1.82, 2.24) is 9.78 Å². The zero-order valence-electron chi connectivity index (χ0n) is 15.3. The van der Waals surface area contributed by atoms with Crippen LogP contribution in [0.15, 0.2) is 53.7 Å². The molecule has 0 aliphatic heterocycles. The Morgan fingerprint density at radius 3 is 2.16 bits per heavy atom. The number of halogens is 5. The van der Waals surface area contributed by atoms with Crippen LogP contribution in [0.5, 0.6) is 0 Å². The van der Waals surface area contributed by atoms with Crippen molar-refractivity contribution in [1.29, 1.82) is 0 Å². The number of carbonyl (C=O) groups excluding carboxylic acids is 1. The van der Waals surface area contributed by atoms with Gasteiger partial charge in [0.05, 0.1) is 23.4 Å². The van der Waals surface area contributed by atoms with Gasteiger partial charge in [0, 0.05) is 6.20 Å². The first-order valence-electron chi connectivity index (χ1n) is 8.32. The lowest BCUT2D eigenvalue weighted by atomic mass is 9.90. The fraction of sp³-hybridized carbons (Fsp3) is 0.111. The fourth-order valence-corrected chi connectivity index (χ4v) is 3.69. The summed E-state index contributed by atoms with van der Waals surface area (Å²) in [7, 11) is -4.51. The molecule has 7 nitrogen and oxygen atoms in total. The zero-order chi connectivity index (χ0) is 23.1. The van der Waals surface area contributed by atoms with E-state index in [-0.39, 0.29) is 16.8 Å². The topological polar surface area (TPSA) is 121 Å². The van der Waals surface area contributed by atoms with Crippen LogP contribution in [0.4, 0.5) is 22.0 Å². The summed E-state index contributed by atoms with van der Waals surface area (Å²) in [5, 5.41) is 8.71. The van der Waals surface area contributed by atoms with E-state index < -0.39 is 50.1 Å². The van der Waals surface area contributed by atoms with Gasteiger partial charge < -0.3 is 5.73 Å². The third kappa shape index (κ3) is 4.56. The van der Waals surface area contributed by atoms with Gasteiger partial charge in [-0.25, -0.2) is 27.0 Å². The maximum absolute atomic E-state index is 13.6. The Balaban J connectivity index is 2.18. The smallest absolute Gasteiger partial charge is 0.369 e. The van der Waals surface area contributed by atoms with Gasteiger partial charge in [-0.1, -0.05) is 12.1 Å². The largest absolute Gasteiger partial charge is 0.419 e. The summed E-state index contributed by atoms with van der Waals surface area (Å²) in [6.45, 7) is 0. The first-order valence-corrected chi connectivity index (χ1v) is 9.87. The number of nitrogens with two attached hydrogens (primary N) is 2. The van der Waals surface area contributed by atoms with Gasteiger partial charge in [-0.2, -0.15) is 18.3 Å². The van der Waals surface area contributed by atoms with E-state index in [4.69, 9.17) is 10.9 Å². The molecule has 3 aromatic rings. The molecule has 0 bridgehead atoms. The summed E-state index contributed by atoms with van der Waals surface area (Å²) < 4.78 is 90.3. The molecular weight excluding hydrogens is 447 g/mol. The van der Waals surface area contributed by atoms with Crippen LogP contribution < -0.4 is 10.9 Å². The SMILES string of the molecule is NC(=O)C(c1ccc(F)c(F)c1)c1ccc(-n2cc(C(F)(F)F)cn2)c(S(N)(=O)=O)c1. The lowest BCUT2D eigenvalue weighted by molar-refractivity contribution is -0.137. The van der Waals surface area contributed by atoms with Crippen LogP contribution >= 0.6 is 0 Å². The molecule has 0 spiro atoms. The second-order valence-electron chi connectivity index (χ2n) is 6.45. The lowest BCUT2D eigenvalue weighted by Crippen LogP contribution is -2.24. The summed E-state index contributed by atoms with van der Waals surface area (Å²) in [5.41, 5.74) is 3.78. The highest BCUT2D eigenvalue weighted by molar-refractivity contribution is 7.89. The van der Waals surface area contributed by atoms with Crippen LogP contribution in [0, 0.1) is 11.6 Å². The third-order valence-electron chi connectivity index (χ3n) is 4.34. The van der Waals surface area contributed by atoms with E-state index >= 15 is 0 Å². The highest BCUT2D eigenvalue weighted by Gasteiger charge is 2.33. The van der Waals surface area contributed by atoms with E-state index in [9.17, 15) is 35.2 Å². The Labute approximate surface area is 172 Å². The lowest BCUT2D eigenvalue weighted by Gasteiger charge is -2.17. The molecule has 31 heavy (non-hydrogen) atoms. The first-order chi connectivity index (χ1) is 14.3. The molecule has 2 aromatic carbocycles. The Hall–Kier alpha value is -3.32. The number of hydrogen-bond acceptors (Lipinski definition) is 4. The number of primary sulfonamides is 1. The maximum Gasteiger partial charge on any atom is 0.419 e. The van der Waals surface area contributed by atoms with Gasteiger partial charge in [0.25, 0.3) is 0 Å². The van der Waals surface area contributed by atoms with Gasteiger partial charge >= 0.3 is 6.18 Å². The van der Waals surface area contributed by atoms with E-state index in [2.05, 4.69) is 5.10 Å². The quantitative estimate of drug-likeness (QED) is 0.568. The summed E-state index contributed by atoms with van der Waals surface area (Å²) in [6.07, 6.45) is -3.66. The number of sulfonamides is 1. The van der Waals surface area contributed by atoms with Crippen molar-refractivity contribution in [3.05, 3.63) is 77.1 Å². The number of primary amides is 1. The third-order valence-corrected chi connectivity index (χ3v) is 5.28. The molecule has 4 N–H and O–H groups in total. The predicted octanol–water partition coefficient (Wildman–Crippen LogP) is 2.43. The molecular formula is C18H13F5N4O3S. The van der Waals surface area contributed by atoms with Crippen molar-refractivity contribution in [2.24, 2.45) is 10.9 Å². The van der Waals surface area contributed by atoms with E-state index in [1.54, 1.807) is 0 Å². The number of carbonyl (C=O) groups is 1. The van der Waals surface area contributed by atoms with Gasteiger partial charge in [-0.05, 0) is 35.4 Å². The van der Waals surface area contributed by atoms with E-state index in [1.165, 1.54) is 6.07 Å². The fourth-order valence-electron chi connectivity index (χ4n) is 2.94. The van der Waals surface area contributed by atoms with Crippen molar-refractivity contribution >= 4 is 15.9 Å². The van der Waals surface area contributed by atoms with Crippen LogP contribution in [-0.4, -0.2) is 24.1 Å². The van der Waals surface area contributed by atoms with Crippen LogP contribution in [-0.2, 0) is 21.0 Å². The molecule has 1 amide bonds. The highest BCUT2D eigenvalue weighted by Crippen LogP contribution is 2.32. The van der Waals surface area contributed by atoms with Crippen LogP contribution in [0.1, 0.15) is 22.6 Å². The Morgan fingerprint density at radius 2 is 1.65 bits per heavy atom. The van der Waals surface area contributed by atoms with Gasteiger partial charge in [-0.15, -0.1) is 0 Å². The second kappa shape index (κ2) is 7.74. The molecule has 0 aliphatic rings. The number of alkyl halides is 3. The van der Waals surface area contributed by atoms with Crippen molar-refractivity contribution in [3.63, 3.8) is 0 Å². The van der Waals surface area contributed by atoms with Gasteiger partial charge in [0.15, 0.2) is 11.6 Å². The average molecular weight is 460 g/mol. The molecule has 0 radical (unpaired) electrons. The standard InChI is InChI=1S/C18H13F5N4O3S/c19-12-3-1-9(5-13(12)20)16(17(24)28)10-2-4-14(15(6-10)31(25,29)30)27-8-11(7-26-27)18(21,22)23/h1-8,16H,(H2,24,28)(H2,25,29,30). The first kappa shape index (κ1) is 22.4. The van der Waals surface area contributed by atoms with Gasteiger partial charge in [0.2, 0.25) is 15.9 Å². The summed E-state index contributed by atoms with van der Waals surface area (Å²) in [5.74, 6) is -4.85. The van der Waals surface area contributed by atoms with E-state index in [0.717, 1.165) is 30.3 Å². The highest BCUT2D eigenvalue weighted by atomic mass is 32.2. The second-order valence-corrected chi connectivity index (χ2v) is 7.98.